The molecule has 364 valence electrons. The minimum Gasteiger partial charge on any atom is -0.466 e. The van der Waals surface area contributed by atoms with E-state index in [1.807, 2.05) is 0 Å². The highest BCUT2D eigenvalue weighted by atomic mass is 16.5. The normalized spacial score (nSPS) is 12.5. The van der Waals surface area contributed by atoms with Gasteiger partial charge in [0.15, 0.2) is 0 Å². The topological polar surface area (TPSA) is 95.9 Å². The number of amides is 1. The number of unbranched alkanes of at least 4 members (excludes halogenated alkanes) is 41. The first-order valence-electron chi connectivity index (χ1n) is 27.8. The molecule has 0 radical (unpaired) electrons. The van der Waals surface area contributed by atoms with Crippen molar-refractivity contribution in [3.8, 4) is 0 Å². The third kappa shape index (κ3) is 48.2. The lowest BCUT2D eigenvalue weighted by Crippen LogP contribution is -2.45. The molecule has 1 amide bonds. The van der Waals surface area contributed by atoms with Crippen molar-refractivity contribution in [3.63, 3.8) is 0 Å². The van der Waals surface area contributed by atoms with Crippen molar-refractivity contribution < 1.29 is 24.5 Å². The van der Waals surface area contributed by atoms with Crippen LogP contribution in [0.5, 0.6) is 0 Å². The van der Waals surface area contributed by atoms with Gasteiger partial charge < -0.3 is 20.3 Å². The highest BCUT2D eigenvalue weighted by Crippen LogP contribution is 2.18. The molecule has 0 aromatic carbocycles. The van der Waals surface area contributed by atoms with E-state index in [2.05, 4.69) is 19.2 Å². The monoisotopic (exact) mass is 864 g/mol. The molecule has 0 bridgehead atoms. The Kier molecular flexibility index (Phi) is 50.5. The van der Waals surface area contributed by atoms with Crippen molar-refractivity contribution in [1.82, 2.24) is 5.32 Å². The minimum absolute atomic E-state index is 0.0213. The molecule has 2 atom stereocenters. The Morgan fingerprint density at radius 3 is 1.00 bits per heavy atom. The minimum atomic E-state index is -0.680. The van der Waals surface area contributed by atoms with Gasteiger partial charge in [-0.2, -0.15) is 0 Å². The van der Waals surface area contributed by atoms with E-state index >= 15 is 0 Å². The third-order valence-electron chi connectivity index (χ3n) is 13.2. The highest BCUT2D eigenvalue weighted by Gasteiger charge is 2.20. The third-order valence-corrected chi connectivity index (χ3v) is 13.2. The first-order valence-corrected chi connectivity index (χ1v) is 27.8. The second-order valence-corrected chi connectivity index (χ2v) is 19.3. The predicted molar refractivity (Wildman–Crippen MR) is 264 cm³/mol. The molecule has 3 N–H and O–H groups in total. The van der Waals surface area contributed by atoms with Gasteiger partial charge in [-0.25, -0.2) is 0 Å². The molecule has 0 spiro atoms. The van der Waals surface area contributed by atoms with Gasteiger partial charge >= 0.3 is 5.97 Å². The average molecular weight is 864 g/mol. The largest absolute Gasteiger partial charge is 0.466 e. The van der Waals surface area contributed by atoms with Crippen molar-refractivity contribution in [2.24, 2.45) is 0 Å². The van der Waals surface area contributed by atoms with Crippen molar-refractivity contribution in [2.75, 3.05) is 13.2 Å². The van der Waals surface area contributed by atoms with E-state index in [0.717, 1.165) is 57.8 Å². The first-order chi connectivity index (χ1) is 30.0. The molecule has 0 aromatic rings. The standard InChI is InChI=1S/C55H109NO5/c1-3-5-7-9-11-13-15-17-19-20-21-22-23-24-25-26-28-31-35-39-43-47-53(58)52(51-57)56-54(59)48-44-40-36-32-30-34-38-42-46-50-61-55(60)49-45-41-37-33-29-27-18-16-14-12-10-8-6-4-2/h52-53,57-58H,3-51H2,1-2H3,(H,56,59). The maximum Gasteiger partial charge on any atom is 0.305 e. The maximum absolute atomic E-state index is 12.5. The molecule has 61 heavy (non-hydrogen) atoms. The van der Waals surface area contributed by atoms with Crippen LogP contribution in [0.2, 0.25) is 0 Å². The van der Waals surface area contributed by atoms with Gasteiger partial charge in [0.05, 0.1) is 25.4 Å². The van der Waals surface area contributed by atoms with Crippen LogP contribution in [0.15, 0.2) is 0 Å². The zero-order valence-electron chi connectivity index (χ0n) is 41.4. The quantitative estimate of drug-likeness (QED) is 0.0418. The summed E-state index contributed by atoms with van der Waals surface area (Å²) in [5.41, 5.74) is 0. The second kappa shape index (κ2) is 51.5. The molecule has 0 saturated heterocycles. The number of aliphatic hydroxyl groups is 2. The maximum atomic E-state index is 12.5. The number of hydrogen-bond acceptors (Lipinski definition) is 5. The second-order valence-electron chi connectivity index (χ2n) is 19.3. The van der Waals surface area contributed by atoms with Gasteiger partial charge in [0.1, 0.15) is 0 Å². The number of aliphatic hydroxyl groups excluding tert-OH is 2. The first kappa shape index (κ1) is 59.9. The molecule has 6 nitrogen and oxygen atoms in total. The predicted octanol–water partition coefficient (Wildman–Crippen LogP) is 16.7. The highest BCUT2D eigenvalue weighted by molar-refractivity contribution is 5.76. The number of rotatable bonds is 52. The Morgan fingerprint density at radius 2 is 0.672 bits per heavy atom. The smallest absolute Gasteiger partial charge is 0.305 e. The lowest BCUT2D eigenvalue weighted by molar-refractivity contribution is -0.143. The number of esters is 1. The van der Waals surface area contributed by atoms with Gasteiger partial charge in [-0.05, 0) is 25.7 Å². The summed E-state index contributed by atoms with van der Waals surface area (Å²) in [6.07, 6.45) is 57.9. The van der Waals surface area contributed by atoms with Crippen molar-refractivity contribution in [2.45, 2.75) is 328 Å². The van der Waals surface area contributed by atoms with E-state index in [9.17, 15) is 19.8 Å². The summed E-state index contributed by atoms with van der Waals surface area (Å²) in [5, 5.41) is 23.3. The fourth-order valence-electron chi connectivity index (χ4n) is 8.88. The van der Waals surface area contributed by atoms with Crippen LogP contribution in [0.1, 0.15) is 316 Å². The Bertz CT molecular complexity index is 867. The Morgan fingerprint density at radius 1 is 0.393 bits per heavy atom. The molecule has 0 aliphatic carbocycles. The summed E-state index contributed by atoms with van der Waals surface area (Å²) >= 11 is 0. The van der Waals surface area contributed by atoms with E-state index in [-0.39, 0.29) is 18.5 Å². The number of hydrogen-bond donors (Lipinski definition) is 3. The lowest BCUT2D eigenvalue weighted by Gasteiger charge is -2.22. The van der Waals surface area contributed by atoms with E-state index in [0.29, 0.717) is 25.9 Å². The summed E-state index contributed by atoms with van der Waals surface area (Å²) < 4.78 is 5.46. The molecule has 0 aliphatic heterocycles. The van der Waals surface area contributed by atoms with Crippen LogP contribution in [-0.2, 0) is 14.3 Å². The number of carbonyl (C=O) groups excluding carboxylic acids is 2. The van der Waals surface area contributed by atoms with Crippen LogP contribution in [-0.4, -0.2) is 47.4 Å². The fourth-order valence-corrected chi connectivity index (χ4v) is 8.88. The molecular formula is C55H109NO5. The lowest BCUT2D eigenvalue weighted by atomic mass is 10.0. The van der Waals surface area contributed by atoms with Crippen LogP contribution in [0.4, 0.5) is 0 Å². The molecule has 0 heterocycles. The van der Waals surface area contributed by atoms with Crippen LogP contribution < -0.4 is 5.32 Å². The number of carbonyl (C=O) groups is 2. The van der Waals surface area contributed by atoms with Crippen LogP contribution in [0.3, 0.4) is 0 Å². The van der Waals surface area contributed by atoms with Gasteiger partial charge in [-0.3, -0.25) is 9.59 Å². The van der Waals surface area contributed by atoms with Crippen molar-refractivity contribution in [3.05, 3.63) is 0 Å². The number of ether oxygens (including phenoxy) is 1. The van der Waals surface area contributed by atoms with Gasteiger partial charge in [0, 0.05) is 12.8 Å². The van der Waals surface area contributed by atoms with E-state index in [4.69, 9.17) is 4.74 Å². The molecular weight excluding hydrogens is 755 g/mol. The zero-order valence-corrected chi connectivity index (χ0v) is 41.4. The van der Waals surface area contributed by atoms with Crippen LogP contribution in [0.25, 0.3) is 0 Å². The summed E-state index contributed by atoms with van der Waals surface area (Å²) in [6, 6.07) is -0.560. The van der Waals surface area contributed by atoms with Gasteiger partial charge in [0.2, 0.25) is 5.91 Å². The van der Waals surface area contributed by atoms with E-state index in [1.54, 1.807) is 0 Å². The summed E-state index contributed by atoms with van der Waals surface area (Å²) in [7, 11) is 0. The molecule has 0 fully saturated rings. The van der Waals surface area contributed by atoms with Gasteiger partial charge in [-0.15, -0.1) is 0 Å². The summed E-state index contributed by atoms with van der Waals surface area (Å²) in [6.45, 7) is 4.92. The molecule has 0 saturated carbocycles. The van der Waals surface area contributed by atoms with Crippen molar-refractivity contribution >= 4 is 11.9 Å². The average Bonchev–Trinajstić information content (AvgIpc) is 3.26. The van der Waals surface area contributed by atoms with Crippen molar-refractivity contribution in [1.29, 1.82) is 0 Å². The van der Waals surface area contributed by atoms with Gasteiger partial charge in [0.25, 0.3) is 0 Å². The summed E-state index contributed by atoms with van der Waals surface area (Å²) in [4.78, 5) is 24.5. The molecule has 6 heteroatoms. The van der Waals surface area contributed by atoms with E-state index < -0.39 is 12.1 Å². The molecule has 0 aromatic heterocycles. The Hall–Kier alpha value is -1.14. The van der Waals surface area contributed by atoms with Gasteiger partial charge in [-0.1, -0.05) is 277 Å². The Balaban J connectivity index is 3.46. The zero-order chi connectivity index (χ0) is 44.4. The van der Waals surface area contributed by atoms with E-state index in [1.165, 1.54) is 225 Å². The fraction of sp³-hybridized carbons (Fsp3) is 0.964. The Labute approximate surface area is 381 Å². The summed E-state index contributed by atoms with van der Waals surface area (Å²) in [5.74, 6) is -0.0795. The molecule has 0 rings (SSSR count). The van der Waals surface area contributed by atoms with Crippen LogP contribution >= 0.6 is 0 Å². The van der Waals surface area contributed by atoms with Crippen LogP contribution in [0, 0.1) is 0 Å². The molecule has 0 aliphatic rings. The number of nitrogens with one attached hydrogen (secondary N) is 1. The SMILES string of the molecule is CCCCCCCCCCCCCCCCCCCCCCCC(O)C(CO)NC(=O)CCCCCCCCCCCOC(=O)CCCCCCCCCCCCCCCC. The molecule has 2 unspecified atom stereocenters.